The molecule has 2 aromatic carbocycles. The Morgan fingerprint density at radius 3 is 2.32 bits per heavy atom. The summed E-state index contributed by atoms with van der Waals surface area (Å²) in [5.41, 5.74) is 2.22. The molecule has 1 spiro atoms. The first-order chi connectivity index (χ1) is 18.4. The van der Waals surface area contributed by atoms with E-state index in [4.69, 9.17) is 14.2 Å². The molecule has 0 radical (unpaired) electrons. The monoisotopic (exact) mass is 521 g/mol. The van der Waals surface area contributed by atoms with Crippen LogP contribution in [0.1, 0.15) is 56.1 Å². The Morgan fingerprint density at radius 1 is 0.974 bits per heavy atom. The Balaban J connectivity index is 1.37. The summed E-state index contributed by atoms with van der Waals surface area (Å²) in [5.74, 6) is 2.32. The van der Waals surface area contributed by atoms with Gasteiger partial charge in [-0.25, -0.2) is 4.79 Å². The topological polar surface area (TPSA) is 54.5 Å². The van der Waals surface area contributed by atoms with E-state index in [0.717, 1.165) is 55.8 Å². The third-order valence-electron chi connectivity index (χ3n) is 9.34. The Morgan fingerprint density at radius 2 is 1.71 bits per heavy atom. The minimum atomic E-state index is -0.108. The number of rotatable bonds is 10. The van der Waals surface area contributed by atoms with Gasteiger partial charge in [-0.2, -0.15) is 0 Å². The minimum absolute atomic E-state index is 0.0910. The largest absolute Gasteiger partial charge is 0.497 e. The molecular weight excluding hydrogens is 478 g/mol. The van der Waals surface area contributed by atoms with Gasteiger partial charge < -0.3 is 24.0 Å². The SMILES string of the molecule is COCOc1cccc([C@]2(N(C)C)CC[C@@]3(CC2)CN(Cc2ccc(OC)cc2)C(=O)N3CC2CCC2)c1. The fraction of sp³-hybridized carbons (Fsp3) is 0.581. The predicted molar refractivity (Wildman–Crippen MR) is 148 cm³/mol. The molecule has 206 valence electrons. The van der Waals surface area contributed by atoms with Crippen molar-refractivity contribution in [1.29, 1.82) is 0 Å². The van der Waals surface area contributed by atoms with Gasteiger partial charge in [-0.3, -0.25) is 4.90 Å². The zero-order valence-corrected chi connectivity index (χ0v) is 23.4. The molecule has 2 amide bonds. The van der Waals surface area contributed by atoms with Crippen LogP contribution in [0.2, 0.25) is 0 Å². The molecule has 7 heteroatoms. The minimum Gasteiger partial charge on any atom is -0.497 e. The molecule has 1 aliphatic heterocycles. The summed E-state index contributed by atoms with van der Waals surface area (Å²) < 4.78 is 16.2. The van der Waals surface area contributed by atoms with Crippen LogP contribution in [0.25, 0.3) is 0 Å². The van der Waals surface area contributed by atoms with Gasteiger partial charge in [0, 0.05) is 32.3 Å². The van der Waals surface area contributed by atoms with E-state index >= 15 is 0 Å². The molecule has 5 rings (SSSR count). The van der Waals surface area contributed by atoms with Gasteiger partial charge in [0.05, 0.1) is 12.6 Å². The van der Waals surface area contributed by atoms with Gasteiger partial charge in [-0.15, -0.1) is 0 Å². The zero-order chi connectivity index (χ0) is 26.8. The number of amides is 2. The zero-order valence-electron chi connectivity index (χ0n) is 23.4. The number of hydrogen-bond acceptors (Lipinski definition) is 5. The summed E-state index contributed by atoms with van der Waals surface area (Å²) in [4.78, 5) is 20.6. The third kappa shape index (κ3) is 5.10. The first kappa shape index (κ1) is 26.8. The molecule has 7 nitrogen and oxygen atoms in total. The molecule has 0 aromatic heterocycles. The van der Waals surface area contributed by atoms with Gasteiger partial charge in [0.2, 0.25) is 0 Å². The number of urea groups is 1. The van der Waals surface area contributed by atoms with Crippen molar-refractivity contribution in [3.8, 4) is 11.5 Å². The second-order valence-electron chi connectivity index (χ2n) is 11.6. The van der Waals surface area contributed by atoms with Crippen LogP contribution in [0, 0.1) is 5.92 Å². The van der Waals surface area contributed by atoms with Crippen LogP contribution < -0.4 is 9.47 Å². The van der Waals surface area contributed by atoms with E-state index in [-0.39, 0.29) is 23.9 Å². The number of hydrogen-bond donors (Lipinski definition) is 0. The van der Waals surface area contributed by atoms with E-state index in [1.165, 1.54) is 24.8 Å². The lowest BCUT2D eigenvalue weighted by Gasteiger charge is -2.51. The van der Waals surface area contributed by atoms with Crippen LogP contribution in [0.15, 0.2) is 48.5 Å². The second kappa shape index (κ2) is 11.1. The van der Waals surface area contributed by atoms with E-state index in [9.17, 15) is 4.79 Å². The molecular formula is C31H43N3O4. The van der Waals surface area contributed by atoms with Crippen molar-refractivity contribution in [1.82, 2.24) is 14.7 Å². The van der Waals surface area contributed by atoms with Crippen LogP contribution in [0.5, 0.6) is 11.5 Å². The van der Waals surface area contributed by atoms with Crippen LogP contribution >= 0.6 is 0 Å². The average molecular weight is 522 g/mol. The maximum absolute atomic E-state index is 13.9. The number of ether oxygens (including phenoxy) is 3. The van der Waals surface area contributed by atoms with Gasteiger partial charge in [0.1, 0.15) is 11.5 Å². The van der Waals surface area contributed by atoms with Crippen molar-refractivity contribution >= 4 is 6.03 Å². The highest BCUT2D eigenvalue weighted by molar-refractivity contribution is 5.78. The van der Waals surface area contributed by atoms with Crippen LogP contribution in [-0.2, 0) is 16.8 Å². The molecule has 38 heavy (non-hydrogen) atoms. The molecule has 3 aliphatic rings. The molecule has 2 aliphatic carbocycles. The Kier molecular flexibility index (Phi) is 7.87. The van der Waals surface area contributed by atoms with Crippen LogP contribution in [0.4, 0.5) is 4.79 Å². The average Bonchev–Trinajstić information content (AvgIpc) is 3.15. The normalized spacial score (nSPS) is 25.8. The summed E-state index contributed by atoms with van der Waals surface area (Å²) in [6, 6.07) is 16.8. The molecule has 0 bridgehead atoms. The van der Waals surface area contributed by atoms with Crippen molar-refractivity contribution in [3.63, 3.8) is 0 Å². The Labute approximate surface area is 227 Å². The lowest BCUT2D eigenvalue weighted by molar-refractivity contribution is 0.0154. The molecule has 3 fully saturated rings. The van der Waals surface area contributed by atoms with Gasteiger partial charge in [-0.1, -0.05) is 30.7 Å². The highest BCUT2D eigenvalue weighted by Crippen LogP contribution is 2.50. The molecule has 1 saturated heterocycles. The molecule has 2 saturated carbocycles. The fourth-order valence-corrected chi connectivity index (χ4v) is 6.72. The van der Waals surface area contributed by atoms with Crippen molar-refractivity contribution in [2.45, 2.75) is 62.6 Å². The molecule has 1 heterocycles. The van der Waals surface area contributed by atoms with Gasteiger partial charge in [0.25, 0.3) is 0 Å². The van der Waals surface area contributed by atoms with E-state index in [1.807, 2.05) is 18.2 Å². The fourth-order valence-electron chi connectivity index (χ4n) is 6.72. The maximum Gasteiger partial charge on any atom is 0.320 e. The van der Waals surface area contributed by atoms with Gasteiger partial charge >= 0.3 is 6.03 Å². The maximum atomic E-state index is 13.9. The highest BCUT2D eigenvalue weighted by atomic mass is 16.7. The van der Waals surface area contributed by atoms with Crippen molar-refractivity contribution in [2.24, 2.45) is 5.92 Å². The smallest absolute Gasteiger partial charge is 0.320 e. The van der Waals surface area contributed by atoms with E-state index in [1.54, 1.807) is 14.2 Å². The predicted octanol–water partition coefficient (Wildman–Crippen LogP) is 5.49. The molecule has 0 unspecified atom stereocenters. The first-order valence-corrected chi connectivity index (χ1v) is 14.0. The van der Waals surface area contributed by atoms with E-state index in [2.05, 4.69) is 59.1 Å². The highest BCUT2D eigenvalue weighted by Gasteiger charge is 2.54. The quantitative estimate of drug-likeness (QED) is 0.387. The number of carbonyl (C=O) groups is 1. The van der Waals surface area contributed by atoms with Gasteiger partial charge in [-0.05, 0) is 93.9 Å². The lowest BCUT2D eigenvalue weighted by atomic mass is 9.68. The Hall–Kier alpha value is -2.77. The van der Waals surface area contributed by atoms with Crippen molar-refractivity contribution in [3.05, 3.63) is 59.7 Å². The van der Waals surface area contributed by atoms with Crippen molar-refractivity contribution < 1.29 is 19.0 Å². The standard InChI is InChI=1S/C31H43N3O4/c1-32(2)31(26-9-6-10-28(19-26)38-23-36-3)17-15-30(16-18-31)22-33(20-25-11-13-27(37-4)14-12-25)29(35)34(30)21-24-7-5-8-24/h6,9-14,19,24H,5,7-8,15-18,20-23H2,1-4H3/t30-,31+. The van der Waals surface area contributed by atoms with Gasteiger partial charge in [0.15, 0.2) is 6.79 Å². The number of methoxy groups -OCH3 is 2. The summed E-state index contributed by atoms with van der Waals surface area (Å²) in [6.07, 6.45) is 7.76. The number of benzene rings is 2. The third-order valence-corrected chi connectivity index (χ3v) is 9.34. The first-order valence-electron chi connectivity index (χ1n) is 14.0. The van der Waals surface area contributed by atoms with Crippen LogP contribution in [-0.4, -0.2) is 74.5 Å². The molecule has 0 atom stereocenters. The summed E-state index contributed by atoms with van der Waals surface area (Å²) in [6.45, 7) is 2.57. The number of nitrogens with zero attached hydrogens (tertiary/aromatic N) is 3. The van der Waals surface area contributed by atoms with Crippen LogP contribution in [0.3, 0.4) is 0 Å². The summed E-state index contributed by atoms with van der Waals surface area (Å²) >= 11 is 0. The number of carbonyl (C=O) groups excluding carboxylic acids is 1. The van der Waals surface area contributed by atoms with E-state index in [0.29, 0.717) is 12.5 Å². The Bertz CT molecular complexity index is 1090. The van der Waals surface area contributed by atoms with E-state index < -0.39 is 0 Å². The lowest BCUT2D eigenvalue weighted by Crippen LogP contribution is -2.56. The molecule has 2 aromatic rings. The molecule has 0 N–H and O–H groups in total. The summed E-state index contributed by atoms with van der Waals surface area (Å²) in [7, 11) is 7.69. The van der Waals surface area contributed by atoms with Crippen molar-refractivity contribution in [2.75, 3.05) is 48.2 Å². The second-order valence-corrected chi connectivity index (χ2v) is 11.6. The summed E-state index contributed by atoms with van der Waals surface area (Å²) in [5, 5.41) is 0.